The van der Waals surface area contributed by atoms with Gasteiger partial charge >= 0.3 is 0 Å². The number of rotatable bonds is 1. The Balaban J connectivity index is 2.27. The summed E-state index contributed by atoms with van der Waals surface area (Å²) >= 11 is 8.01. The Morgan fingerprint density at radius 1 is 1.54 bits per heavy atom. The van der Waals surface area contributed by atoms with Crippen LogP contribution in [0.5, 0.6) is 0 Å². The first kappa shape index (κ1) is 10.3. The fourth-order valence-corrected chi connectivity index (χ4v) is 4.12. The number of thioether (sulfide) groups is 1. The molecule has 70 valence electrons. The van der Waals surface area contributed by atoms with Crippen LogP contribution in [-0.4, -0.2) is 10.2 Å². The first-order valence-corrected chi connectivity index (χ1v) is 7.57. The van der Waals surface area contributed by atoms with Crippen LogP contribution >= 0.6 is 50.3 Å². The summed E-state index contributed by atoms with van der Waals surface area (Å²) in [6, 6.07) is 6.63. The van der Waals surface area contributed by atoms with E-state index in [1.807, 2.05) is 11.8 Å². The van der Waals surface area contributed by atoms with Gasteiger partial charge in [-0.3, -0.25) is 0 Å². The smallest absolute Gasteiger partial charge is 0.0178 e. The van der Waals surface area contributed by atoms with Gasteiger partial charge in [0, 0.05) is 19.5 Å². The van der Waals surface area contributed by atoms with Gasteiger partial charge < -0.3 is 0 Å². The summed E-state index contributed by atoms with van der Waals surface area (Å²) in [7, 11) is 0. The van der Waals surface area contributed by atoms with Crippen molar-refractivity contribution in [1.29, 1.82) is 0 Å². The molecular formula is C10H10BrIS. The van der Waals surface area contributed by atoms with Crippen LogP contribution in [0.4, 0.5) is 0 Å². The molecule has 0 saturated heterocycles. The van der Waals surface area contributed by atoms with Gasteiger partial charge in [-0.15, -0.1) is 11.8 Å². The van der Waals surface area contributed by atoms with Crippen LogP contribution in [0.25, 0.3) is 0 Å². The highest BCUT2D eigenvalue weighted by molar-refractivity contribution is 14.1. The maximum Gasteiger partial charge on any atom is 0.0178 e. The van der Waals surface area contributed by atoms with Crippen molar-refractivity contribution in [3.8, 4) is 0 Å². The molecule has 1 heterocycles. The maximum absolute atomic E-state index is 3.52. The topological polar surface area (TPSA) is 0 Å². The normalized spacial score (nSPS) is 21.2. The summed E-state index contributed by atoms with van der Waals surface area (Å²) in [4.78, 5) is 1.48. The third-order valence-corrected chi connectivity index (χ3v) is 5.31. The summed E-state index contributed by atoms with van der Waals surface area (Å²) in [6.45, 7) is 0. The average molecular weight is 369 g/mol. The van der Waals surface area contributed by atoms with Crippen molar-refractivity contribution in [1.82, 2.24) is 0 Å². The van der Waals surface area contributed by atoms with Gasteiger partial charge in [0.1, 0.15) is 0 Å². The van der Waals surface area contributed by atoms with Gasteiger partial charge in [-0.2, -0.15) is 0 Å². The third kappa shape index (κ3) is 2.42. The summed E-state index contributed by atoms with van der Waals surface area (Å²) in [5, 5.41) is 0. The highest BCUT2D eigenvalue weighted by atomic mass is 127. The van der Waals surface area contributed by atoms with Crippen LogP contribution in [0.3, 0.4) is 0 Å². The van der Waals surface area contributed by atoms with E-state index in [-0.39, 0.29) is 0 Å². The molecule has 0 saturated carbocycles. The highest BCUT2D eigenvalue weighted by Crippen LogP contribution is 2.34. The van der Waals surface area contributed by atoms with Crippen molar-refractivity contribution in [2.75, 3.05) is 10.2 Å². The van der Waals surface area contributed by atoms with E-state index in [9.17, 15) is 0 Å². The van der Waals surface area contributed by atoms with E-state index in [4.69, 9.17) is 0 Å². The summed E-state index contributed by atoms with van der Waals surface area (Å²) < 4.78 is 2.48. The fourth-order valence-electron chi connectivity index (χ4n) is 1.53. The largest absolute Gasteiger partial charge is 0.126 e. The molecule has 3 heteroatoms. The fraction of sp³-hybridized carbons (Fsp3) is 0.400. The molecule has 0 aliphatic carbocycles. The Bertz CT molecular complexity index is 314. The molecule has 0 fully saturated rings. The zero-order chi connectivity index (χ0) is 9.26. The molecule has 1 aliphatic heterocycles. The molecule has 0 N–H and O–H groups in total. The standard InChI is InChI=1S/C10H10BrIS/c11-9-1-2-10-8(4-9)3-7(5-12)6-13-10/h1-2,4,7H,3,5-6H2. The van der Waals surface area contributed by atoms with Gasteiger partial charge in [0.25, 0.3) is 0 Å². The lowest BCUT2D eigenvalue weighted by atomic mass is 10.0. The van der Waals surface area contributed by atoms with Crippen LogP contribution in [-0.2, 0) is 6.42 Å². The van der Waals surface area contributed by atoms with Gasteiger partial charge in [0.15, 0.2) is 0 Å². The van der Waals surface area contributed by atoms with Gasteiger partial charge in [-0.25, -0.2) is 0 Å². The van der Waals surface area contributed by atoms with Crippen LogP contribution in [0.1, 0.15) is 5.56 Å². The molecule has 2 rings (SSSR count). The minimum Gasteiger partial charge on any atom is -0.126 e. The molecular weight excluding hydrogens is 359 g/mol. The van der Waals surface area contributed by atoms with E-state index in [1.165, 1.54) is 31.5 Å². The predicted octanol–water partition coefficient (Wildman–Crippen LogP) is 4.15. The number of halogens is 2. The SMILES string of the molecule is Brc1ccc2c(c1)CC(CI)CS2. The van der Waals surface area contributed by atoms with Crippen molar-refractivity contribution >= 4 is 50.3 Å². The molecule has 0 nitrogen and oxygen atoms in total. The molecule has 1 aromatic rings. The van der Waals surface area contributed by atoms with Crippen molar-refractivity contribution in [2.45, 2.75) is 11.3 Å². The second-order valence-corrected chi connectivity index (χ2v) is 6.15. The molecule has 0 bridgehead atoms. The second-order valence-electron chi connectivity index (χ2n) is 3.29. The Morgan fingerprint density at radius 3 is 3.15 bits per heavy atom. The Labute approximate surface area is 105 Å². The van der Waals surface area contributed by atoms with E-state index in [0.29, 0.717) is 0 Å². The van der Waals surface area contributed by atoms with E-state index >= 15 is 0 Å². The maximum atomic E-state index is 3.52. The third-order valence-electron chi connectivity index (χ3n) is 2.22. The average Bonchev–Trinajstić information content (AvgIpc) is 2.16. The molecule has 1 atom stereocenters. The van der Waals surface area contributed by atoms with Crippen molar-refractivity contribution in [2.24, 2.45) is 5.92 Å². The van der Waals surface area contributed by atoms with Crippen LogP contribution in [0.2, 0.25) is 0 Å². The zero-order valence-electron chi connectivity index (χ0n) is 7.09. The molecule has 1 aromatic carbocycles. The molecule has 0 radical (unpaired) electrons. The van der Waals surface area contributed by atoms with Crippen molar-refractivity contribution < 1.29 is 0 Å². The predicted molar refractivity (Wildman–Crippen MR) is 70.9 cm³/mol. The van der Waals surface area contributed by atoms with E-state index in [2.05, 4.69) is 56.7 Å². The number of hydrogen-bond acceptors (Lipinski definition) is 1. The van der Waals surface area contributed by atoms with Crippen LogP contribution < -0.4 is 0 Å². The molecule has 1 aliphatic rings. The van der Waals surface area contributed by atoms with E-state index in [1.54, 1.807) is 0 Å². The van der Waals surface area contributed by atoms with Gasteiger partial charge in [-0.05, 0) is 36.1 Å². The number of benzene rings is 1. The summed E-state index contributed by atoms with van der Waals surface area (Å²) in [6.07, 6.45) is 1.25. The van der Waals surface area contributed by atoms with Gasteiger partial charge in [0.2, 0.25) is 0 Å². The highest BCUT2D eigenvalue weighted by Gasteiger charge is 2.17. The van der Waals surface area contributed by atoms with Crippen molar-refractivity contribution in [3.63, 3.8) is 0 Å². The monoisotopic (exact) mass is 368 g/mol. The van der Waals surface area contributed by atoms with Crippen molar-refractivity contribution in [3.05, 3.63) is 28.2 Å². The van der Waals surface area contributed by atoms with Crippen LogP contribution in [0, 0.1) is 5.92 Å². The molecule has 1 unspecified atom stereocenters. The summed E-state index contributed by atoms with van der Waals surface area (Å²) in [5.74, 6) is 2.16. The minimum absolute atomic E-state index is 0.868. The number of fused-ring (bicyclic) bond motifs is 1. The first-order chi connectivity index (χ1) is 6.29. The lowest BCUT2D eigenvalue weighted by Crippen LogP contribution is -2.14. The Morgan fingerprint density at radius 2 is 2.38 bits per heavy atom. The molecule has 0 amide bonds. The molecule has 0 aromatic heterocycles. The zero-order valence-corrected chi connectivity index (χ0v) is 11.7. The van der Waals surface area contributed by atoms with E-state index in [0.717, 1.165) is 5.92 Å². The number of hydrogen-bond donors (Lipinski definition) is 0. The lowest BCUT2D eigenvalue weighted by Gasteiger charge is -2.22. The second kappa shape index (κ2) is 4.53. The number of alkyl halides is 1. The quantitative estimate of drug-likeness (QED) is 0.530. The lowest BCUT2D eigenvalue weighted by molar-refractivity contribution is 0.660. The summed E-state index contributed by atoms with van der Waals surface area (Å²) in [5.41, 5.74) is 1.52. The minimum atomic E-state index is 0.868. The van der Waals surface area contributed by atoms with Gasteiger partial charge in [0.05, 0.1) is 0 Å². The Hall–Kier alpha value is 0.780. The van der Waals surface area contributed by atoms with E-state index < -0.39 is 0 Å². The van der Waals surface area contributed by atoms with Gasteiger partial charge in [-0.1, -0.05) is 38.5 Å². The Kier molecular flexibility index (Phi) is 3.59. The molecule has 0 spiro atoms. The molecule has 13 heavy (non-hydrogen) atoms. The first-order valence-electron chi connectivity index (χ1n) is 4.27. The van der Waals surface area contributed by atoms with Crippen LogP contribution in [0.15, 0.2) is 27.6 Å².